The van der Waals surface area contributed by atoms with Crippen molar-refractivity contribution in [3.63, 3.8) is 0 Å². The average Bonchev–Trinajstić information content (AvgIpc) is 2.72. The Morgan fingerprint density at radius 1 is 1.42 bits per heavy atom. The maximum Gasteiger partial charge on any atom is 0.257 e. The van der Waals surface area contributed by atoms with E-state index in [2.05, 4.69) is 10.3 Å². The number of nitrogens with two attached hydrogens (primary N) is 1. The lowest BCUT2D eigenvalue weighted by Crippen LogP contribution is -2.12. The zero-order valence-electron chi connectivity index (χ0n) is 11.3. The van der Waals surface area contributed by atoms with Crippen molar-refractivity contribution in [2.75, 3.05) is 11.1 Å². The van der Waals surface area contributed by atoms with Crippen molar-refractivity contribution in [2.45, 2.75) is 27.2 Å². The van der Waals surface area contributed by atoms with E-state index in [0.29, 0.717) is 16.4 Å². The number of carbonyl (C=O) groups excluding carboxylic acids is 1. The van der Waals surface area contributed by atoms with Gasteiger partial charge in [-0.15, -0.1) is 11.3 Å². The van der Waals surface area contributed by atoms with Crippen LogP contribution in [0.25, 0.3) is 0 Å². The molecule has 0 saturated heterocycles. The maximum absolute atomic E-state index is 12.1. The van der Waals surface area contributed by atoms with Gasteiger partial charge in [0.15, 0.2) is 5.13 Å². The fourth-order valence-electron chi connectivity index (χ4n) is 1.76. The number of rotatable bonds is 3. The molecule has 100 valence electrons. The zero-order valence-corrected chi connectivity index (χ0v) is 12.1. The molecule has 2 rings (SSSR count). The van der Waals surface area contributed by atoms with Crippen LogP contribution in [-0.4, -0.2) is 10.9 Å². The van der Waals surface area contributed by atoms with Gasteiger partial charge in [-0.25, -0.2) is 4.98 Å². The first-order valence-electron chi connectivity index (χ1n) is 6.15. The molecule has 5 heteroatoms. The van der Waals surface area contributed by atoms with Crippen LogP contribution in [0.15, 0.2) is 18.2 Å². The molecule has 0 aliphatic heterocycles. The third kappa shape index (κ3) is 2.93. The lowest BCUT2D eigenvalue weighted by molar-refractivity contribution is 0.102. The molecule has 0 atom stereocenters. The second-order valence-corrected chi connectivity index (χ2v) is 5.60. The predicted octanol–water partition coefficient (Wildman–Crippen LogP) is 3.16. The summed E-state index contributed by atoms with van der Waals surface area (Å²) >= 11 is 1.49. The Balaban J connectivity index is 2.18. The molecule has 0 saturated carbocycles. The number of carbonyl (C=O) groups is 1. The van der Waals surface area contributed by atoms with Crippen LogP contribution in [-0.2, 0) is 6.42 Å². The monoisotopic (exact) mass is 275 g/mol. The number of nitrogens with zero attached hydrogens (tertiary/aromatic N) is 1. The van der Waals surface area contributed by atoms with Gasteiger partial charge in [0.25, 0.3) is 5.91 Å². The van der Waals surface area contributed by atoms with Crippen molar-refractivity contribution in [1.82, 2.24) is 4.98 Å². The van der Waals surface area contributed by atoms with Gasteiger partial charge < -0.3 is 5.73 Å². The van der Waals surface area contributed by atoms with Crippen LogP contribution in [0.4, 0.5) is 10.8 Å². The number of hydrogen-bond acceptors (Lipinski definition) is 4. The second-order valence-electron chi connectivity index (χ2n) is 4.40. The van der Waals surface area contributed by atoms with E-state index in [9.17, 15) is 4.79 Å². The minimum absolute atomic E-state index is 0.178. The average molecular weight is 275 g/mol. The van der Waals surface area contributed by atoms with Crippen LogP contribution < -0.4 is 11.1 Å². The summed E-state index contributed by atoms with van der Waals surface area (Å²) in [7, 11) is 0. The molecule has 1 aromatic carbocycles. The highest BCUT2D eigenvalue weighted by molar-refractivity contribution is 7.15. The third-order valence-corrected chi connectivity index (χ3v) is 3.92. The molecule has 0 spiro atoms. The van der Waals surface area contributed by atoms with E-state index in [1.54, 1.807) is 12.1 Å². The van der Waals surface area contributed by atoms with Gasteiger partial charge in [-0.3, -0.25) is 10.1 Å². The molecule has 19 heavy (non-hydrogen) atoms. The smallest absolute Gasteiger partial charge is 0.257 e. The topological polar surface area (TPSA) is 68.0 Å². The van der Waals surface area contributed by atoms with Crippen molar-refractivity contribution >= 4 is 28.1 Å². The lowest BCUT2D eigenvalue weighted by atomic mass is 10.1. The summed E-state index contributed by atoms with van der Waals surface area (Å²) in [6.45, 7) is 5.97. The fraction of sp³-hybridized carbons (Fsp3) is 0.286. The summed E-state index contributed by atoms with van der Waals surface area (Å²) in [6.07, 6.45) is 0.871. The number of amides is 1. The Morgan fingerprint density at radius 2 is 2.16 bits per heavy atom. The highest BCUT2D eigenvalue weighted by atomic mass is 32.1. The lowest BCUT2D eigenvalue weighted by Gasteiger charge is -2.04. The fourth-order valence-corrected chi connectivity index (χ4v) is 2.66. The molecule has 0 aliphatic rings. The van der Waals surface area contributed by atoms with Gasteiger partial charge in [-0.05, 0) is 38.0 Å². The summed E-state index contributed by atoms with van der Waals surface area (Å²) < 4.78 is 0. The van der Waals surface area contributed by atoms with Crippen LogP contribution in [0.5, 0.6) is 0 Å². The number of nitrogen functional groups attached to an aromatic ring is 1. The SMILES string of the molecule is CCc1nc(NC(=O)c2ccc(C)c(N)c2)sc1C. The van der Waals surface area contributed by atoms with Gasteiger partial charge >= 0.3 is 0 Å². The molecule has 4 nitrogen and oxygen atoms in total. The molecular formula is C14H17N3OS. The van der Waals surface area contributed by atoms with E-state index in [-0.39, 0.29) is 5.91 Å². The van der Waals surface area contributed by atoms with E-state index in [4.69, 9.17) is 5.73 Å². The largest absolute Gasteiger partial charge is 0.398 e. The standard InChI is InChI=1S/C14H17N3OS/c1-4-12-9(3)19-14(16-12)17-13(18)10-6-5-8(2)11(15)7-10/h5-7H,4,15H2,1-3H3,(H,16,17,18). The molecular weight excluding hydrogens is 258 g/mol. The first-order chi connectivity index (χ1) is 9.01. The number of hydrogen-bond donors (Lipinski definition) is 2. The summed E-state index contributed by atoms with van der Waals surface area (Å²) in [4.78, 5) is 17.6. The highest BCUT2D eigenvalue weighted by Crippen LogP contribution is 2.23. The van der Waals surface area contributed by atoms with Crippen molar-refractivity contribution in [3.8, 4) is 0 Å². The van der Waals surface area contributed by atoms with E-state index in [1.165, 1.54) is 11.3 Å². The van der Waals surface area contributed by atoms with E-state index < -0.39 is 0 Å². The second kappa shape index (κ2) is 5.40. The highest BCUT2D eigenvalue weighted by Gasteiger charge is 2.11. The number of aromatic nitrogens is 1. The number of anilines is 2. The Hall–Kier alpha value is -1.88. The minimum atomic E-state index is -0.178. The predicted molar refractivity (Wildman–Crippen MR) is 79.8 cm³/mol. The molecule has 3 N–H and O–H groups in total. The van der Waals surface area contributed by atoms with Gasteiger partial charge in [0.1, 0.15) is 0 Å². The molecule has 0 aliphatic carbocycles. The van der Waals surface area contributed by atoms with Crippen molar-refractivity contribution in [2.24, 2.45) is 0 Å². The first kappa shape index (κ1) is 13.5. The Morgan fingerprint density at radius 3 is 2.74 bits per heavy atom. The van der Waals surface area contributed by atoms with Gasteiger partial charge in [-0.1, -0.05) is 13.0 Å². The Labute approximate surface area is 116 Å². The van der Waals surface area contributed by atoms with Crippen LogP contribution >= 0.6 is 11.3 Å². The minimum Gasteiger partial charge on any atom is -0.398 e. The Kier molecular flexibility index (Phi) is 3.85. The number of aryl methyl sites for hydroxylation is 3. The Bertz CT molecular complexity index is 619. The van der Waals surface area contributed by atoms with E-state index in [1.807, 2.05) is 26.8 Å². The van der Waals surface area contributed by atoms with E-state index >= 15 is 0 Å². The molecule has 0 unspecified atom stereocenters. The first-order valence-corrected chi connectivity index (χ1v) is 6.96. The van der Waals surface area contributed by atoms with Gasteiger partial charge in [-0.2, -0.15) is 0 Å². The summed E-state index contributed by atoms with van der Waals surface area (Å²) in [6, 6.07) is 5.29. The summed E-state index contributed by atoms with van der Waals surface area (Å²) in [5, 5.41) is 3.45. The normalized spacial score (nSPS) is 10.5. The molecule has 1 heterocycles. The van der Waals surface area contributed by atoms with Crippen LogP contribution in [0, 0.1) is 13.8 Å². The quantitative estimate of drug-likeness (QED) is 0.845. The van der Waals surface area contributed by atoms with Crippen molar-refractivity contribution < 1.29 is 4.79 Å². The van der Waals surface area contributed by atoms with Crippen LogP contribution in [0.1, 0.15) is 33.4 Å². The van der Waals surface area contributed by atoms with Crippen molar-refractivity contribution in [1.29, 1.82) is 0 Å². The molecule has 1 aromatic heterocycles. The number of thiazole rings is 1. The zero-order chi connectivity index (χ0) is 14.0. The number of benzene rings is 1. The molecule has 1 amide bonds. The molecule has 0 radical (unpaired) electrons. The maximum atomic E-state index is 12.1. The summed E-state index contributed by atoms with van der Waals surface area (Å²) in [5.41, 5.74) is 8.98. The summed E-state index contributed by atoms with van der Waals surface area (Å²) in [5.74, 6) is -0.178. The molecule has 0 fully saturated rings. The third-order valence-electron chi connectivity index (χ3n) is 2.99. The van der Waals surface area contributed by atoms with E-state index in [0.717, 1.165) is 22.6 Å². The van der Waals surface area contributed by atoms with Gasteiger partial charge in [0.05, 0.1) is 5.69 Å². The van der Waals surface area contributed by atoms with Crippen molar-refractivity contribution in [3.05, 3.63) is 39.9 Å². The van der Waals surface area contributed by atoms with Crippen LogP contribution in [0.2, 0.25) is 0 Å². The molecule has 0 bridgehead atoms. The van der Waals surface area contributed by atoms with Crippen LogP contribution in [0.3, 0.4) is 0 Å². The number of nitrogens with one attached hydrogen (secondary N) is 1. The van der Waals surface area contributed by atoms with Gasteiger partial charge in [0.2, 0.25) is 0 Å². The molecule has 2 aromatic rings. The van der Waals surface area contributed by atoms with Gasteiger partial charge in [0, 0.05) is 16.1 Å².